The minimum atomic E-state index is -1.73. The zero-order valence-electron chi connectivity index (χ0n) is 11.8. The second-order valence-corrected chi connectivity index (χ2v) is 5.22. The Morgan fingerprint density at radius 1 is 1.00 bits per heavy atom. The van der Waals surface area contributed by atoms with Crippen LogP contribution in [0.3, 0.4) is 0 Å². The third-order valence-electron chi connectivity index (χ3n) is 3.95. The largest absolute Gasteiger partial charge is 0.449 e. The van der Waals surface area contributed by atoms with Crippen molar-refractivity contribution in [1.82, 2.24) is 0 Å². The van der Waals surface area contributed by atoms with Crippen molar-refractivity contribution in [2.75, 3.05) is 0 Å². The SMILES string of the molecule is N#Cc1ccc(C2=COC3(OC(=O)c4ccccc43)C2=O)cc1. The van der Waals surface area contributed by atoms with Crippen LogP contribution in [0.25, 0.3) is 5.57 Å². The van der Waals surface area contributed by atoms with Crippen LogP contribution < -0.4 is 0 Å². The highest BCUT2D eigenvalue weighted by atomic mass is 16.7. The smallest absolute Gasteiger partial charge is 0.347 e. The number of benzene rings is 2. The fourth-order valence-electron chi connectivity index (χ4n) is 2.79. The van der Waals surface area contributed by atoms with Crippen molar-refractivity contribution in [2.45, 2.75) is 5.79 Å². The van der Waals surface area contributed by atoms with Gasteiger partial charge in [-0.05, 0) is 29.8 Å². The van der Waals surface area contributed by atoms with Crippen molar-refractivity contribution in [3.8, 4) is 6.07 Å². The fraction of sp³-hybridized carbons (Fsp3) is 0.0556. The molecule has 0 N–H and O–H groups in total. The molecule has 5 nitrogen and oxygen atoms in total. The van der Waals surface area contributed by atoms with Gasteiger partial charge < -0.3 is 9.47 Å². The van der Waals surface area contributed by atoms with Crippen LogP contribution in [0.4, 0.5) is 0 Å². The lowest BCUT2D eigenvalue weighted by atomic mass is 9.93. The molecule has 1 atom stereocenters. The Morgan fingerprint density at radius 3 is 2.48 bits per heavy atom. The Kier molecular flexibility index (Phi) is 2.63. The van der Waals surface area contributed by atoms with Gasteiger partial charge in [-0.15, -0.1) is 0 Å². The fourth-order valence-corrected chi connectivity index (χ4v) is 2.79. The van der Waals surface area contributed by atoms with Crippen molar-refractivity contribution >= 4 is 17.3 Å². The molecule has 0 aliphatic carbocycles. The van der Waals surface area contributed by atoms with Crippen LogP contribution in [0.15, 0.2) is 54.8 Å². The zero-order chi connectivity index (χ0) is 16.0. The molecule has 110 valence electrons. The van der Waals surface area contributed by atoms with Gasteiger partial charge in [-0.1, -0.05) is 24.3 Å². The van der Waals surface area contributed by atoms with E-state index in [4.69, 9.17) is 14.7 Å². The summed E-state index contributed by atoms with van der Waals surface area (Å²) in [6.07, 6.45) is 1.30. The Morgan fingerprint density at radius 2 is 1.74 bits per heavy atom. The van der Waals surface area contributed by atoms with Gasteiger partial charge in [0, 0.05) is 0 Å². The van der Waals surface area contributed by atoms with Crippen LogP contribution in [0.5, 0.6) is 0 Å². The predicted molar refractivity (Wildman–Crippen MR) is 78.8 cm³/mol. The average molecular weight is 303 g/mol. The number of hydrogen-bond donors (Lipinski definition) is 0. The molecule has 2 heterocycles. The van der Waals surface area contributed by atoms with E-state index < -0.39 is 17.5 Å². The monoisotopic (exact) mass is 303 g/mol. The first kappa shape index (κ1) is 13.3. The summed E-state index contributed by atoms with van der Waals surface area (Å²) < 4.78 is 10.8. The Hall–Kier alpha value is -3.39. The van der Waals surface area contributed by atoms with Crippen molar-refractivity contribution < 1.29 is 19.1 Å². The average Bonchev–Trinajstić information content (AvgIpc) is 3.07. The molecule has 0 radical (unpaired) electrons. The third kappa shape index (κ3) is 1.72. The molecule has 5 heteroatoms. The van der Waals surface area contributed by atoms with E-state index in [-0.39, 0.29) is 0 Å². The van der Waals surface area contributed by atoms with E-state index in [1.807, 2.05) is 6.07 Å². The minimum Gasteiger partial charge on any atom is -0.449 e. The first-order chi connectivity index (χ1) is 11.2. The van der Waals surface area contributed by atoms with E-state index in [2.05, 4.69) is 0 Å². The molecule has 0 saturated carbocycles. The first-order valence-electron chi connectivity index (χ1n) is 6.92. The maximum Gasteiger partial charge on any atom is 0.347 e. The minimum absolute atomic E-state index is 0.305. The number of Topliss-reactive ketones (excluding diaryl/α,β-unsaturated/α-hetero) is 1. The highest BCUT2D eigenvalue weighted by molar-refractivity contribution is 6.27. The van der Waals surface area contributed by atoms with E-state index in [0.29, 0.717) is 27.8 Å². The van der Waals surface area contributed by atoms with Gasteiger partial charge in [0.25, 0.3) is 5.78 Å². The summed E-state index contributed by atoms with van der Waals surface area (Å²) in [4.78, 5) is 24.8. The van der Waals surface area contributed by atoms with Gasteiger partial charge in [0.2, 0.25) is 0 Å². The van der Waals surface area contributed by atoms with Crippen LogP contribution in [0.1, 0.15) is 27.0 Å². The van der Waals surface area contributed by atoms with Crippen molar-refractivity contribution in [1.29, 1.82) is 5.26 Å². The predicted octanol–water partition coefficient (Wildman–Crippen LogP) is 2.52. The van der Waals surface area contributed by atoms with Crippen molar-refractivity contribution in [3.63, 3.8) is 0 Å². The molecule has 0 aromatic heterocycles. The number of fused-ring (bicyclic) bond motifs is 2. The molecule has 0 fully saturated rings. The number of esters is 1. The molecule has 2 aromatic rings. The van der Waals surface area contributed by atoms with Crippen LogP contribution in [0, 0.1) is 11.3 Å². The summed E-state index contributed by atoms with van der Waals surface area (Å²) >= 11 is 0. The molecule has 0 bridgehead atoms. The molecule has 2 aliphatic rings. The second-order valence-electron chi connectivity index (χ2n) is 5.22. The van der Waals surface area contributed by atoms with E-state index in [1.165, 1.54) is 6.26 Å². The number of ketones is 1. The number of rotatable bonds is 1. The van der Waals surface area contributed by atoms with Crippen molar-refractivity contribution in [2.24, 2.45) is 0 Å². The maximum absolute atomic E-state index is 12.9. The Bertz CT molecular complexity index is 921. The van der Waals surface area contributed by atoms with E-state index >= 15 is 0 Å². The summed E-state index contributed by atoms with van der Waals surface area (Å²) in [6.45, 7) is 0. The number of carbonyl (C=O) groups excluding carboxylic acids is 2. The summed E-state index contributed by atoms with van der Waals surface area (Å²) in [5.41, 5.74) is 2.14. The molecule has 0 saturated heterocycles. The van der Waals surface area contributed by atoms with Crippen LogP contribution in [0.2, 0.25) is 0 Å². The highest BCUT2D eigenvalue weighted by Crippen LogP contribution is 2.45. The summed E-state index contributed by atoms with van der Waals surface area (Å²) in [7, 11) is 0. The molecule has 0 amide bonds. The quantitative estimate of drug-likeness (QED) is 0.757. The first-order valence-corrected chi connectivity index (χ1v) is 6.92. The van der Waals surface area contributed by atoms with E-state index in [0.717, 1.165) is 0 Å². The molecule has 23 heavy (non-hydrogen) atoms. The van der Waals surface area contributed by atoms with Crippen LogP contribution in [-0.2, 0) is 20.1 Å². The van der Waals surface area contributed by atoms with Gasteiger partial charge in [-0.2, -0.15) is 5.26 Å². The molecular weight excluding hydrogens is 294 g/mol. The molecule has 1 spiro atoms. The zero-order valence-corrected chi connectivity index (χ0v) is 11.8. The molecule has 2 aromatic carbocycles. The third-order valence-corrected chi connectivity index (χ3v) is 3.95. The maximum atomic E-state index is 12.9. The van der Waals surface area contributed by atoms with E-state index in [1.54, 1.807) is 48.5 Å². The Labute approximate surface area is 131 Å². The molecular formula is C18H9NO4. The normalized spacial score (nSPS) is 21.4. The Balaban J connectivity index is 1.76. The van der Waals surface area contributed by atoms with E-state index in [9.17, 15) is 9.59 Å². The highest BCUT2D eigenvalue weighted by Gasteiger charge is 2.57. The molecule has 2 aliphatic heterocycles. The number of ether oxygens (including phenoxy) is 2. The van der Waals surface area contributed by atoms with Gasteiger partial charge >= 0.3 is 11.8 Å². The van der Waals surface area contributed by atoms with Gasteiger partial charge in [0.05, 0.1) is 28.3 Å². The number of hydrogen-bond acceptors (Lipinski definition) is 5. The summed E-state index contributed by atoms with van der Waals surface area (Å²) in [5, 5.41) is 8.84. The van der Waals surface area contributed by atoms with Crippen molar-refractivity contribution in [3.05, 3.63) is 77.0 Å². The van der Waals surface area contributed by atoms with Crippen LogP contribution in [-0.4, -0.2) is 11.8 Å². The second kappa shape index (κ2) is 4.55. The topological polar surface area (TPSA) is 76.4 Å². The lowest BCUT2D eigenvalue weighted by molar-refractivity contribution is -0.173. The van der Waals surface area contributed by atoms with Crippen LogP contribution >= 0.6 is 0 Å². The number of nitriles is 1. The van der Waals surface area contributed by atoms with Gasteiger partial charge in [-0.3, -0.25) is 4.79 Å². The summed E-state index contributed by atoms with van der Waals surface area (Å²) in [5.74, 6) is -2.74. The lowest BCUT2D eigenvalue weighted by Crippen LogP contribution is -2.34. The molecule has 4 rings (SSSR count). The standard InChI is InChI=1S/C18H9NO4/c19-9-11-5-7-12(8-6-11)14-10-22-18(16(14)20)15-4-2-1-3-13(15)17(21)23-18/h1-8,10H. The number of nitrogens with zero attached hydrogens (tertiary/aromatic N) is 1. The lowest BCUT2D eigenvalue weighted by Gasteiger charge is -2.20. The summed E-state index contributed by atoms with van der Waals surface area (Å²) in [6, 6.07) is 15.2. The van der Waals surface area contributed by atoms with Gasteiger partial charge in [0.1, 0.15) is 6.26 Å². The molecule has 1 unspecified atom stereocenters. The van der Waals surface area contributed by atoms with Gasteiger partial charge in [-0.25, -0.2) is 4.79 Å². The van der Waals surface area contributed by atoms with Gasteiger partial charge in [0.15, 0.2) is 0 Å². The number of carbonyl (C=O) groups is 2.